The van der Waals surface area contributed by atoms with Crippen LogP contribution in [0.2, 0.25) is 0 Å². The summed E-state index contributed by atoms with van der Waals surface area (Å²) in [5, 5.41) is 6.94. The number of furan rings is 2. The first-order valence-electron chi connectivity index (χ1n) is 32.1. The molecule has 3 aliphatic rings. The third-order valence-electron chi connectivity index (χ3n) is 20.7. The average molecular weight is 1180 g/mol. The van der Waals surface area contributed by atoms with Crippen molar-refractivity contribution in [2.24, 2.45) is 0 Å². The number of para-hydroxylation sites is 8. The molecule has 2 heterocycles. The fraction of sp³-hybridized carbons (Fsp3) is 0.0682. The van der Waals surface area contributed by atoms with Crippen molar-refractivity contribution in [3.8, 4) is 55.6 Å². The minimum absolute atomic E-state index is 0.478. The van der Waals surface area contributed by atoms with Gasteiger partial charge in [-0.05, 0) is 157 Å². The van der Waals surface area contributed by atoms with Gasteiger partial charge in [-0.2, -0.15) is 0 Å². The number of anilines is 6. The summed E-state index contributed by atoms with van der Waals surface area (Å²) in [4.78, 5) is 5.06. The zero-order valence-electron chi connectivity index (χ0n) is 51.4. The molecule has 0 N–H and O–H groups in total. The molecule has 0 saturated heterocycles. The molecule has 434 valence electrons. The lowest BCUT2D eigenvalue weighted by Crippen LogP contribution is -2.27. The van der Waals surface area contributed by atoms with Crippen molar-refractivity contribution in [3.63, 3.8) is 0 Å². The monoisotopic (exact) mass is 1180 g/mol. The zero-order chi connectivity index (χ0) is 61.1. The molecule has 0 radical (unpaired) electrons. The van der Waals surface area contributed by atoms with Crippen LogP contribution >= 0.6 is 0 Å². The largest absolute Gasteiger partial charge is 0.455 e. The minimum atomic E-state index is -0.783. The van der Waals surface area contributed by atoms with Crippen molar-refractivity contribution in [3.05, 3.63) is 336 Å². The summed E-state index contributed by atoms with van der Waals surface area (Å²) in [6.07, 6.45) is 0. The highest BCUT2D eigenvalue weighted by atomic mass is 16.3. The number of nitrogens with zero attached hydrogens (tertiary/aromatic N) is 2. The lowest BCUT2D eigenvalue weighted by molar-refractivity contribution is 0.660. The van der Waals surface area contributed by atoms with Crippen LogP contribution in [0.5, 0.6) is 0 Å². The smallest absolute Gasteiger partial charge is 0.143 e. The van der Waals surface area contributed by atoms with E-state index in [0.717, 1.165) is 111 Å². The van der Waals surface area contributed by atoms with Gasteiger partial charge in [0.2, 0.25) is 0 Å². The van der Waals surface area contributed by atoms with Gasteiger partial charge in [-0.1, -0.05) is 250 Å². The maximum absolute atomic E-state index is 7.05. The van der Waals surface area contributed by atoms with E-state index >= 15 is 0 Å². The van der Waals surface area contributed by atoms with Crippen molar-refractivity contribution >= 4 is 88.8 Å². The molecule has 4 heteroatoms. The third-order valence-corrected chi connectivity index (χ3v) is 20.7. The Hall–Kier alpha value is -11.5. The highest BCUT2D eigenvalue weighted by Gasteiger charge is 2.55. The highest BCUT2D eigenvalue weighted by Crippen LogP contribution is 2.70. The van der Waals surface area contributed by atoms with Crippen molar-refractivity contribution in [2.45, 2.75) is 38.5 Å². The van der Waals surface area contributed by atoms with Gasteiger partial charge in [-0.25, -0.2) is 0 Å². The molecule has 0 bridgehead atoms. The van der Waals surface area contributed by atoms with Gasteiger partial charge in [0.05, 0.1) is 22.5 Å². The highest BCUT2D eigenvalue weighted by molar-refractivity contribution is 6.16. The molecule has 1 spiro atoms. The van der Waals surface area contributed by atoms with Gasteiger partial charge < -0.3 is 18.6 Å². The van der Waals surface area contributed by atoms with Crippen LogP contribution in [0.4, 0.5) is 34.1 Å². The minimum Gasteiger partial charge on any atom is -0.455 e. The predicted octanol–water partition coefficient (Wildman–Crippen LogP) is 24.2. The second kappa shape index (κ2) is 19.5. The summed E-state index contributed by atoms with van der Waals surface area (Å²) in [6, 6.07) is 108. The van der Waals surface area contributed by atoms with Crippen molar-refractivity contribution in [1.29, 1.82) is 0 Å². The van der Waals surface area contributed by atoms with Crippen molar-refractivity contribution in [1.82, 2.24) is 0 Å². The zero-order valence-corrected chi connectivity index (χ0v) is 51.4. The Balaban J connectivity index is 0.933. The van der Waals surface area contributed by atoms with Gasteiger partial charge in [0.1, 0.15) is 22.3 Å². The number of hydrogen-bond donors (Lipinski definition) is 0. The molecule has 4 nitrogen and oxygen atoms in total. The topological polar surface area (TPSA) is 32.8 Å². The van der Waals surface area contributed by atoms with Crippen LogP contribution in [0.1, 0.15) is 58.4 Å². The summed E-state index contributed by atoms with van der Waals surface area (Å²) in [6.45, 7) is 9.21. The molecule has 0 aliphatic heterocycles. The molecule has 2 aromatic heterocycles. The molecule has 3 aliphatic carbocycles. The van der Waals surface area contributed by atoms with Crippen LogP contribution in [-0.4, -0.2) is 0 Å². The van der Waals surface area contributed by atoms with Gasteiger partial charge in [-0.15, -0.1) is 0 Å². The third kappa shape index (κ3) is 7.12. The second-order valence-corrected chi connectivity index (χ2v) is 25.8. The van der Waals surface area contributed by atoms with E-state index in [-0.39, 0.29) is 0 Å². The van der Waals surface area contributed by atoms with E-state index < -0.39 is 10.8 Å². The normalized spacial score (nSPS) is 13.6. The Labute approximate surface area is 534 Å². The molecule has 0 unspecified atom stereocenters. The van der Waals surface area contributed by atoms with Crippen LogP contribution in [0.15, 0.2) is 300 Å². The van der Waals surface area contributed by atoms with Gasteiger partial charge in [0.25, 0.3) is 0 Å². The van der Waals surface area contributed by atoms with Gasteiger partial charge in [-0.3, -0.25) is 0 Å². The van der Waals surface area contributed by atoms with E-state index in [1.807, 2.05) is 0 Å². The Bertz CT molecular complexity index is 5740. The van der Waals surface area contributed by atoms with Gasteiger partial charge in [0, 0.05) is 66.3 Å². The van der Waals surface area contributed by atoms with E-state index in [1.54, 1.807) is 0 Å². The first kappa shape index (κ1) is 52.5. The molecule has 0 fully saturated rings. The van der Waals surface area contributed by atoms with Crippen LogP contribution < -0.4 is 9.80 Å². The van der Waals surface area contributed by atoms with E-state index in [4.69, 9.17) is 8.83 Å². The lowest BCUT2D eigenvalue weighted by Gasteiger charge is -2.36. The second-order valence-electron chi connectivity index (χ2n) is 25.8. The molecular formula is C88H60N2O2. The fourth-order valence-corrected chi connectivity index (χ4v) is 16.8. The standard InChI is InChI=1S/C88H60N2O2/c1-53-25-21-37-66-68-41-23-39-64(85(68)91-83(53)66)62-35-15-19-45-76(62)89(56-28-7-5-8-29-56)58-48-49-70-74(51-58)88(71-43-17-13-33-60(71)61-34-14-18-44-72(61)88)75-52-78(82-81(80(70)75)79-59-32-12-11-27-55(59)47-50-73(79)87(82,3)4)90(57-30-9-6-10-31-57)77-46-20-16-36-63(77)65-40-24-42-69-67-38-22-26-54(2)84(67)92-86(65)69/h5-52H,1-4H3. The molecule has 16 aromatic rings. The first-order chi connectivity index (χ1) is 45.3. The van der Waals surface area contributed by atoms with Crippen LogP contribution in [-0.2, 0) is 10.8 Å². The van der Waals surface area contributed by atoms with Crippen molar-refractivity contribution < 1.29 is 8.83 Å². The summed E-state index contributed by atoms with van der Waals surface area (Å²) >= 11 is 0. The van der Waals surface area contributed by atoms with E-state index in [9.17, 15) is 0 Å². The van der Waals surface area contributed by atoms with Crippen LogP contribution in [0.25, 0.3) is 110 Å². The number of aryl methyl sites for hydroxylation is 2. The maximum atomic E-state index is 7.05. The maximum Gasteiger partial charge on any atom is 0.143 e. The van der Waals surface area contributed by atoms with Crippen LogP contribution in [0, 0.1) is 13.8 Å². The van der Waals surface area contributed by atoms with E-state index in [2.05, 4.69) is 329 Å². The number of rotatable bonds is 8. The fourth-order valence-electron chi connectivity index (χ4n) is 16.8. The molecular weight excluding hydrogens is 1120 g/mol. The predicted molar refractivity (Wildman–Crippen MR) is 382 cm³/mol. The quantitative estimate of drug-likeness (QED) is 0.152. The summed E-state index contributed by atoms with van der Waals surface area (Å²) < 4.78 is 14.0. The molecule has 92 heavy (non-hydrogen) atoms. The lowest BCUT2D eigenvalue weighted by atomic mass is 9.69. The van der Waals surface area contributed by atoms with Gasteiger partial charge in [0.15, 0.2) is 0 Å². The summed E-state index contributed by atoms with van der Waals surface area (Å²) in [5.74, 6) is 0. The molecule has 0 atom stereocenters. The number of hydrogen-bond acceptors (Lipinski definition) is 4. The Morgan fingerprint density at radius 3 is 1.34 bits per heavy atom. The summed E-state index contributed by atoms with van der Waals surface area (Å²) in [7, 11) is 0. The number of fused-ring (bicyclic) bond motifs is 22. The first-order valence-corrected chi connectivity index (χ1v) is 32.1. The van der Waals surface area contributed by atoms with Gasteiger partial charge >= 0.3 is 0 Å². The molecule has 19 rings (SSSR count). The van der Waals surface area contributed by atoms with Crippen molar-refractivity contribution in [2.75, 3.05) is 9.80 Å². The SMILES string of the molecule is Cc1cccc2c1oc1c(-c3ccccc3N(c3ccccc3)c3ccc4c(c3)C3(c5ccccc5-c5ccccc53)c3cc(N(c5ccccc5)c5ccccc5-c5cccc6c5oc5c(C)cccc56)c5c(c3-4)-c3c(ccc4ccccc34)C5(C)C)cccc12. The van der Waals surface area contributed by atoms with E-state index in [1.165, 1.54) is 77.5 Å². The Morgan fingerprint density at radius 1 is 0.272 bits per heavy atom. The molecule has 0 amide bonds. The summed E-state index contributed by atoms with van der Waals surface area (Å²) in [5.41, 5.74) is 30.5. The Kier molecular flexibility index (Phi) is 11.1. The average Bonchev–Trinajstić information content (AvgIpc) is 1.49. The molecule has 0 saturated carbocycles. The van der Waals surface area contributed by atoms with Crippen LogP contribution in [0.3, 0.4) is 0 Å². The number of benzene rings is 14. The molecule has 14 aromatic carbocycles. The Morgan fingerprint density at radius 2 is 0.739 bits per heavy atom. The van der Waals surface area contributed by atoms with E-state index in [0.29, 0.717) is 0 Å².